The first kappa shape index (κ1) is 12.8. The molecule has 5 heteroatoms. The molecule has 0 heterocycles. The number of aromatic carboxylic acids is 1. The first-order valence-corrected chi connectivity index (χ1v) is 5.69. The lowest BCUT2D eigenvalue weighted by atomic mass is 10.2. The Morgan fingerprint density at radius 2 is 1.94 bits per heavy atom. The summed E-state index contributed by atoms with van der Waals surface area (Å²) in [5, 5.41) is 10.8. The SMILES string of the molecule is CCOc1cc(C(=O)[O-])cc(Br)c1OCC. The van der Waals surface area contributed by atoms with Crippen LogP contribution >= 0.6 is 15.9 Å². The summed E-state index contributed by atoms with van der Waals surface area (Å²) in [7, 11) is 0. The van der Waals surface area contributed by atoms with Crippen LogP contribution < -0.4 is 14.6 Å². The second-order valence-corrected chi connectivity index (χ2v) is 3.79. The van der Waals surface area contributed by atoms with Crippen molar-refractivity contribution in [1.82, 2.24) is 0 Å². The summed E-state index contributed by atoms with van der Waals surface area (Å²) in [6.45, 7) is 4.57. The zero-order chi connectivity index (χ0) is 12.1. The molecular formula is C11H12BrO4-. The lowest BCUT2D eigenvalue weighted by Gasteiger charge is -2.14. The number of ether oxygens (including phenoxy) is 2. The van der Waals surface area contributed by atoms with E-state index < -0.39 is 5.97 Å². The molecule has 1 aromatic rings. The van der Waals surface area contributed by atoms with E-state index >= 15 is 0 Å². The quantitative estimate of drug-likeness (QED) is 0.826. The minimum Gasteiger partial charge on any atom is -0.545 e. The highest BCUT2D eigenvalue weighted by molar-refractivity contribution is 9.10. The lowest BCUT2D eigenvalue weighted by Crippen LogP contribution is -2.22. The van der Waals surface area contributed by atoms with Gasteiger partial charge < -0.3 is 19.4 Å². The molecule has 0 radical (unpaired) electrons. The molecule has 16 heavy (non-hydrogen) atoms. The highest BCUT2D eigenvalue weighted by Gasteiger charge is 2.12. The van der Waals surface area contributed by atoms with Crippen molar-refractivity contribution < 1.29 is 19.4 Å². The van der Waals surface area contributed by atoms with Crippen molar-refractivity contribution in [3.8, 4) is 11.5 Å². The van der Waals surface area contributed by atoms with E-state index in [-0.39, 0.29) is 5.56 Å². The zero-order valence-corrected chi connectivity index (χ0v) is 10.7. The molecule has 0 fully saturated rings. The summed E-state index contributed by atoms with van der Waals surface area (Å²) >= 11 is 3.24. The average molecular weight is 288 g/mol. The molecule has 88 valence electrons. The van der Waals surface area contributed by atoms with E-state index in [1.165, 1.54) is 12.1 Å². The van der Waals surface area contributed by atoms with Crippen molar-refractivity contribution in [2.45, 2.75) is 13.8 Å². The summed E-state index contributed by atoms with van der Waals surface area (Å²) in [6.07, 6.45) is 0. The fraction of sp³-hybridized carbons (Fsp3) is 0.364. The number of carbonyl (C=O) groups is 1. The summed E-state index contributed by atoms with van der Waals surface area (Å²) in [6, 6.07) is 2.83. The standard InChI is InChI=1S/C11H13BrO4/c1-3-15-9-6-7(11(13)14)5-8(12)10(9)16-4-2/h5-6H,3-4H2,1-2H3,(H,13,14)/p-1. The van der Waals surface area contributed by atoms with E-state index in [1.807, 2.05) is 13.8 Å². The van der Waals surface area contributed by atoms with Crippen LogP contribution in [0.4, 0.5) is 0 Å². The Bertz CT molecular complexity index is 390. The second kappa shape index (κ2) is 5.75. The third-order valence-corrected chi connectivity index (χ3v) is 2.42. The van der Waals surface area contributed by atoms with Gasteiger partial charge in [0.25, 0.3) is 0 Å². The zero-order valence-electron chi connectivity index (χ0n) is 9.08. The first-order chi connectivity index (χ1) is 7.60. The number of carbonyl (C=O) groups excluding carboxylic acids is 1. The number of carboxylic acid groups (broad SMARTS) is 1. The van der Waals surface area contributed by atoms with E-state index in [0.29, 0.717) is 29.2 Å². The van der Waals surface area contributed by atoms with Gasteiger partial charge in [-0.1, -0.05) is 0 Å². The third-order valence-electron chi connectivity index (χ3n) is 1.83. The molecule has 4 nitrogen and oxygen atoms in total. The highest BCUT2D eigenvalue weighted by Crippen LogP contribution is 2.36. The summed E-state index contributed by atoms with van der Waals surface area (Å²) in [5.74, 6) is -0.336. The van der Waals surface area contributed by atoms with E-state index in [0.717, 1.165) is 0 Å². The van der Waals surface area contributed by atoms with Gasteiger partial charge in [0.15, 0.2) is 11.5 Å². The molecule has 0 aliphatic rings. The van der Waals surface area contributed by atoms with Crippen molar-refractivity contribution >= 4 is 21.9 Å². The summed E-state index contributed by atoms with van der Waals surface area (Å²) < 4.78 is 11.2. The number of hydrogen-bond acceptors (Lipinski definition) is 4. The second-order valence-electron chi connectivity index (χ2n) is 2.94. The van der Waals surface area contributed by atoms with E-state index in [4.69, 9.17) is 9.47 Å². The van der Waals surface area contributed by atoms with Crippen molar-refractivity contribution in [3.05, 3.63) is 22.2 Å². The van der Waals surface area contributed by atoms with Crippen molar-refractivity contribution in [2.24, 2.45) is 0 Å². The van der Waals surface area contributed by atoms with Gasteiger partial charge in [0.05, 0.1) is 23.7 Å². The topological polar surface area (TPSA) is 58.6 Å². The van der Waals surface area contributed by atoms with Crippen LogP contribution in [0.25, 0.3) is 0 Å². The number of benzene rings is 1. The maximum Gasteiger partial charge on any atom is 0.175 e. The molecule has 0 N–H and O–H groups in total. The molecule has 1 aromatic carbocycles. The van der Waals surface area contributed by atoms with Crippen LogP contribution in [0.2, 0.25) is 0 Å². The predicted molar refractivity (Wildman–Crippen MR) is 60.8 cm³/mol. The van der Waals surface area contributed by atoms with Crippen molar-refractivity contribution in [1.29, 1.82) is 0 Å². The van der Waals surface area contributed by atoms with Gasteiger partial charge in [-0.25, -0.2) is 0 Å². The minimum absolute atomic E-state index is 0.0544. The normalized spacial score (nSPS) is 9.94. The third kappa shape index (κ3) is 2.88. The lowest BCUT2D eigenvalue weighted by molar-refractivity contribution is -0.255. The molecule has 0 spiro atoms. The van der Waals surface area contributed by atoms with Gasteiger partial charge in [0, 0.05) is 5.56 Å². The van der Waals surface area contributed by atoms with Crippen molar-refractivity contribution in [3.63, 3.8) is 0 Å². The monoisotopic (exact) mass is 287 g/mol. The molecule has 0 aliphatic heterocycles. The van der Waals surface area contributed by atoms with E-state index in [9.17, 15) is 9.90 Å². The van der Waals surface area contributed by atoms with Gasteiger partial charge in [0.2, 0.25) is 0 Å². The Morgan fingerprint density at radius 3 is 2.44 bits per heavy atom. The van der Waals surface area contributed by atoms with Gasteiger partial charge in [-0.2, -0.15) is 0 Å². The summed E-state index contributed by atoms with van der Waals surface area (Å²) in [4.78, 5) is 10.8. The first-order valence-electron chi connectivity index (χ1n) is 4.90. The predicted octanol–water partition coefficient (Wildman–Crippen LogP) is 1.61. The molecule has 0 atom stereocenters. The maximum absolute atomic E-state index is 10.8. The molecule has 1 rings (SSSR count). The molecule has 0 saturated heterocycles. The van der Waals surface area contributed by atoms with E-state index in [1.54, 1.807) is 0 Å². The van der Waals surface area contributed by atoms with Crippen LogP contribution in [0.1, 0.15) is 24.2 Å². The fourth-order valence-electron chi connectivity index (χ4n) is 1.23. The molecule has 0 bridgehead atoms. The minimum atomic E-state index is -1.25. The van der Waals surface area contributed by atoms with Crippen LogP contribution in [-0.4, -0.2) is 19.2 Å². The maximum atomic E-state index is 10.8. The number of halogens is 1. The summed E-state index contributed by atoms with van der Waals surface area (Å²) in [5.41, 5.74) is 0.0544. The molecule has 0 aromatic heterocycles. The smallest absolute Gasteiger partial charge is 0.175 e. The van der Waals surface area contributed by atoms with Crippen molar-refractivity contribution in [2.75, 3.05) is 13.2 Å². The largest absolute Gasteiger partial charge is 0.545 e. The Hall–Kier alpha value is -1.23. The van der Waals surface area contributed by atoms with Gasteiger partial charge >= 0.3 is 0 Å². The molecule has 0 amide bonds. The average Bonchev–Trinajstić information content (AvgIpc) is 2.23. The van der Waals surface area contributed by atoms with Gasteiger partial charge in [-0.05, 0) is 41.9 Å². The Labute approximate surface area is 102 Å². The van der Waals surface area contributed by atoms with Crippen LogP contribution in [0.15, 0.2) is 16.6 Å². The molecule has 0 aliphatic carbocycles. The van der Waals surface area contributed by atoms with Crippen LogP contribution in [0, 0.1) is 0 Å². The molecule has 0 unspecified atom stereocenters. The molecule has 0 saturated carbocycles. The molecular weight excluding hydrogens is 276 g/mol. The van der Waals surface area contributed by atoms with Crippen LogP contribution in [-0.2, 0) is 0 Å². The number of hydrogen-bond donors (Lipinski definition) is 0. The Morgan fingerprint density at radius 1 is 1.31 bits per heavy atom. The van der Waals surface area contributed by atoms with Crippen LogP contribution in [0.5, 0.6) is 11.5 Å². The van der Waals surface area contributed by atoms with Gasteiger partial charge in [-0.3, -0.25) is 0 Å². The highest BCUT2D eigenvalue weighted by atomic mass is 79.9. The number of carboxylic acids is 1. The van der Waals surface area contributed by atoms with Gasteiger partial charge in [0.1, 0.15) is 0 Å². The van der Waals surface area contributed by atoms with E-state index in [2.05, 4.69) is 15.9 Å². The Balaban J connectivity index is 3.21. The van der Waals surface area contributed by atoms with Crippen LogP contribution in [0.3, 0.4) is 0 Å². The fourth-order valence-corrected chi connectivity index (χ4v) is 1.79. The number of rotatable bonds is 5. The Kier molecular flexibility index (Phi) is 4.61. The van der Waals surface area contributed by atoms with Gasteiger partial charge in [-0.15, -0.1) is 0 Å².